The lowest BCUT2D eigenvalue weighted by atomic mass is 10.1. The molecular formula is C12H20N2O3. The molecule has 2 fully saturated rings. The van der Waals surface area contributed by atoms with Gasteiger partial charge in [0.15, 0.2) is 0 Å². The Kier molecular flexibility index (Phi) is 3.12. The topological polar surface area (TPSA) is 58.6 Å². The second-order valence-corrected chi connectivity index (χ2v) is 5.24. The van der Waals surface area contributed by atoms with Crippen molar-refractivity contribution in [1.82, 2.24) is 10.2 Å². The van der Waals surface area contributed by atoms with Crippen LogP contribution in [-0.2, 0) is 14.3 Å². The fourth-order valence-corrected chi connectivity index (χ4v) is 2.39. The molecule has 2 aliphatic rings. The molecule has 0 aromatic carbocycles. The summed E-state index contributed by atoms with van der Waals surface area (Å²) < 4.78 is 4.61. The number of nitrogens with one attached hydrogen (secondary N) is 1. The SMILES string of the molecule is COC(=O)CCN1C(=O)C2(CC2)NC1C(C)C. The molecule has 0 bridgehead atoms. The predicted molar refractivity (Wildman–Crippen MR) is 62.1 cm³/mol. The standard InChI is InChI=1S/C12H20N2O3/c1-8(2)10-13-12(5-6-12)11(16)14(10)7-4-9(15)17-3/h8,10,13H,4-7H2,1-3H3. The third-order valence-electron chi connectivity index (χ3n) is 3.60. The molecule has 1 aliphatic carbocycles. The van der Waals surface area contributed by atoms with Crippen LogP contribution in [-0.4, -0.2) is 42.1 Å². The van der Waals surface area contributed by atoms with Crippen molar-refractivity contribution in [2.45, 2.75) is 44.8 Å². The number of rotatable bonds is 4. The molecular weight excluding hydrogens is 220 g/mol. The third kappa shape index (κ3) is 2.16. The maximum atomic E-state index is 12.2. The van der Waals surface area contributed by atoms with E-state index < -0.39 is 0 Å². The summed E-state index contributed by atoms with van der Waals surface area (Å²) in [6.45, 7) is 4.61. The first-order valence-corrected chi connectivity index (χ1v) is 6.16. The number of esters is 1. The Morgan fingerprint density at radius 1 is 1.59 bits per heavy atom. The van der Waals surface area contributed by atoms with Crippen molar-refractivity contribution in [3.8, 4) is 0 Å². The molecule has 1 amide bonds. The van der Waals surface area contributed by atoms with Crippen molar-refractivity contribution in [3.63, 3.8) is 0 Å². The van der Waals surface area contributed by atoms with Gasteiger partial charge in [0.2, 0.25) is 5.91 Å². The zero-order valence-corrected chi connectivity index (χ0v) is 10.7. The van der Waals surface area contributed by atoms with Gasteiger partial charge in [-0.05, 0) is 18.8 Å². The van der Waals surface area contributed by atoms with E-state index >= 15 is 0 Å². The molecule has 1 heterocycles. The van der Waals surface area contributed by atoms with Crippen molar-refractivity contribution in [1.29, 1.82) is 0 Å². The van der Waals surface area contributed by atoms with E-state index in [2.05, 4.69) is 23.9 Å². The summed E-state index contributed by atoms with van der Waals surface area (Å²) in [6, 6.07) is 0. The maximum absolute atomic E-state index is 12.2. The van der Waals surface area contributed by atoms with Crippen LogP contribution in [0.4, 0.5) is 0 Å². The van der Waals surface area contributed by atoms with Crippen LogP contribution in [0.2, 0.25) is 0 Å². The molecule has 2 rings (SSSR count). The Morgan fingerprint density at radius 2 is 2.24 bits per heavy atom. The summed E-state index contributed by atoms with van der Waals surface area (Å²) in [4.78, 5) is 25.2. The Balaban J connectivity index is 2.02. The fraction of sp³-hybridized carbons (Fsp3) is 0.833. The monoisotopic (exact) mass is 240 g/mol. The number of hydrogen-bond acceptors (Lipinski definition) is 4. The molecule has 1 N–H and O–H groups in total. The molecule has 5 nitrogen and oxygen atoms in total. The van der Waals surface area contributed by atoms with Gasteiger partial charge < -0.3 is 9.64 Å². The van der Waals surface area contributed by atoms with Crippen LogP contribution in [0.15, 0.2) is 0 Å². The first-order valence-electron chi connectivity index (χ1n) is 6.16. The highest BCUT2D eigenvalue weighted by molar-refractivity contribution is 5.92. The minimum absolute atomic E-state index is 0.0506. The lowest BCUT2D eigenvalue weighted by molar-refractivity contribution is -0.141. The smallest absolute Gasteiger partial charge is 0.307 e. The zero-order valence-electron chi connectivity index (χ0n) is 10.7. The van der Waals surface area contributed by atoms with Gasteiger partial charge in [0.25, 0.3) is 0 Å². The molecule has 0 radical (unpaired) electrons. The first-order chi connectivity index (χ1) is 8.00. The number of nitrogens with zero attached hydrogens (tertiary/aromatic N) is 1. The molecule has 0 aromatic rings. The summed E-state index contributed by atoms with van der Waals surface area (Å²) in [5.41, 5.74) is -0.301. The van der Waals surface area contributed by atoms with Gasteiger partial charge in [0.1, 0.15) is 0 Å². The second kappa shape index (κ2) is 4.29. The summed E-state index contributed by atoms with van der Waals surface area (Å²) in [7, 11) is 1.37. The molecule has 1 aliphatic heterocycles. The van der Waals surface area contributed by atoms with Crippen molar-refractivity contribution < 1.29 is 14.3 Å². The van der Waals surface area contributed by atoms with Crippen LogP contribution in [0.5, 0.6) is 0 Å². The summed E-state index contributed by atoms with van der Waals surface area (Å²) in [5, 5.41) is 3.41. The summed E-state index contributed by atoms with van der Waals surface area (Å²) >= 11 is 0. The molecule has 0 aromatic heterocycles. The fourth-order valence-electron chi connectivity index (χ4n) is 2.39. The van der Waals surface area contributed by atoms with Crippen LogP contribution >= 0.6 is 0 Å². The van der Waals surface area contributed by atoms with Crippen molar-refractivity contribution >= 4 is 11.9 Å². The van der Waals surface area contributed by atoms with E-state index in [0.29, 0.717) is 12.5 Å². The molecule has 1 saturated heterocycles. The van der Waals surface area contributed by atoms with E-state index in [1.807, 2.05) is 0 Å². The maximum Gasteiger partial charge on any atom is 0.307 e. The van der Waals surface area contributed by atoms with Gasteiger partial charge in [-0.15, -0.1) is 0 Å². The lowest BCUT2D eigenvalue weighted by Gasteiger charge is -2.26. The van der Waals surface area contributed by atoms with Crippen LogP contribution in [0.3, 0.4) is 0 Å². The van der Waals surface area contributed by atoms with Gasteiger partial charge in [-0.3, -0.25) is 14.9 Å². The average Bonchev–Trinajstić information content (AvgIpc) is 3.01. The van der Waals surface area contributed by atoms with Crippen LogP contribution in [0, 0.1) is 5.92 Å². The minimum Gasteiger partial charge on any atom is -0.469 e. The van der Waals surface area contributed by atoms with Gasteiger partial charge in [-0.25, -0.2) is 0 Å². The number of hydrogen-bond donors (Lipinski definition) is 1. The molecule has 1 atom stereocenters. The van der Waals surface area contributed by atoms with E-state index in [1.54, 1.807) is 4.90 Å². The lowest BCUT2D eigenvalue weighted by Crippen LogP contribution is -2.42. The number of carbonyl (C=O) groups excluding carboxylic acids is 2. The number of carbonyl (C=O) groups is 2. The van der Waals surface area contributed by atoms with Gasteiger partial charge in [-0.1, -0.05) is 13.8 Å². The predicted octanol–water partition coefficient (Wildman–Crippen LogP) is 0.496. The molecule has 96 valence electrons. The van der Waals surface area contributed by atoms with E-state index in [4.69, 9.17) is 0 Å². The van der Waals surface area contributed by atoms with Gasteiger partial charge in [-0.2, -0.15) is 0 Å². The number of amides is 1. The van der Waals surface area contributed by atoms with E-state index in [0.717, 1.165) is 12.8 Å². The first kappa shape index (κ1) is 12.4. The van der Waals surface area contributed by atoms with Crippen molar-refractivity contribution in [3.05, 3.63) is 0 Å². The number of methoxy groups -OCH3 is 1. The quantitative estimate of drug-likeness (QED) is 0.727. The Hall–Kier alpha value is -1.10. The highest BCUT2D eigenvalue weighted by atomic mass is 16.5. The highest BCUT2D eigenvalue weighted by Gasteiger charge is 2.59. The number of ether oxygens (including phenoxy) is 1. The largest absolute Gasteiger partial charge is 0.469 e. The zero-order chi connectivity index (χ0) is 12.6. The van der Waals surface area contributed by atoms with E-state index in [9.17, 15) is 9.59 Å². The average molecular weight is 240 g/mol. The molecule has 17 heavy (non-hydrogen) atoms. The normalized spacial score (nSPS) is 25.8. The van der Waals surface area contributed by atoms with Crippen molar-refractivity contribution in [2.24, 2.45) is 5.92 Å². The highest BCUT2D eigenvalue weighted by Crippen LogP contribution is 2.43. The summed E-state index contributed by atoms with van der Waals surface area (Å²) in [6.07, 6.45) is 2.16. The van der Waals surface area contributed by atoms with Crippen LogP contribution < -0.4 is 5.32 Å². The van der Waals surface area contributed by atoms with Crippen LogP contribution in [0.25, 0.3) is 0 Å². The summed E-state index contributed by atoms with van der Waals surface area (Å²) in [5.74, 6) is 0.230. The van der Waals surface area contributed by atoms with Crippen molar-refractivity contribution in [2.75, 3.05) is 13.7 Å². The third-order valence-corrected chi connectivity index (χ3v) is 3.60. The van der Waals surface area contributed by atoms with Gasteiger partial charge >= 0.3 is 5.97 Å². The van der Waals surface area contributed by atoms with Gasteiger partial charge in [0, 0.05) is 6.54 Å². The van der Waals surface area contributed by atoms with Crippen LogP contribution in [0.1, 0.15) is 33.1 Å². The minimum atomic E-state index is -0.301. The Morgan fingerprint density at radius 3 is 2.71 bits per heavy atom. The molecule has 1 saturated carbocycles. The molecule has 1 unspecified atom stereocenters. The van der Waals surface area contributed by atoms with E-state index in [-0.39, 0.29) is 30.0 Å². The Bertz CT molecular complexity index is 337. The molecule has 5 heteroatoms. The Labute approximate surface area is 101 Å². The second-order valence-electron chi connectivity index (χ2n) is 5.24. The van der Waals surface area contributed by atoms with E-state index in [1.165, 1.54) is 7.11 Å². The molecule has 1 spiro atoms. The van der Waals surface area contributed by atoms with Gasteiger partial charge in [0.05, 0.1) is 25.2 Å².